The summed E-state index contributed by atoms with van der Waals surface area (Å²) >= 11 is 0. The third-order valence-corrected chi connectivity index (χ3v) is 2.26. The molecule has 0 fully saturated rings. The quantitative estimate of drug-likeness (QED) is 0.821. The van der Waals surface area contributed by atoms with Crippen LogP contribution in [-0.2, 0) is 6.54 Å². The summed E-state index contributed by atoms with van der Waals surface area (Å²) in [7, 11) is 0. The lowest BCUT2D eigenvalue weighted by Crippen LogP contribution is -2.10. The molecule has 0 radical (unpaired) electrons. The first-order valence-electron chi connectivity index (χ1n) is 4.96. The minimum Gasteiger partial charge on any atom is -0.396 e. The zero-order chi connectivity index (χ0) is 10.8. The fourth-order valence-electron chi connectivity index (χ4n) is 1.55. The Balaban J connectivity index is 2.20. The highest BCUT2D eigenvalue weighted by Gasteiger charge is 2.06. The largest absolute Gasteiger partial charge is 0.396 e. The maximum absolute atomic E-state index is 5.59. The Kier molecular flexibility index (Phi) is 2.45. The average molecular weight is 205 g/mol. The van der Waals surface area contributed by atoms with E-state index in [2.05, 4.69) is 28.5 Å². The first-order valence-corrected chi connectivity index (χ1v) is 4.96. The van der Waals surface area contributed by atoms with Gasteiger partial charge in [-0.05, 0) is 13.8 Å². The molecule has 0 saturated heterocycles. The number of nitrogens with two attached hydrogens (primary N) is 1. The summed E-state index contributed by atoms with van der Waals surface area (Å²) in [4.78, 5) is 4.30. The van der Waals surface area contributed by atoms with Gasteiger partial charge in [-0.1, -0.05) is 0 Å². The Morgan fingerprint density at radius 2 is 2.27 bits per heavy atom. The zero-order valence-electron chi connectivity index (χ0n) is 8.96. The number of nitrogens with zero attached hydrogens (tertiary/aromatic N) is 4. The van der Waals surface area contributed by atoms with Gasteiger partial charge >= 0.3 is 0 Å². The van der Waals surface area contributed by atoms with Crippen LogP contribution in [0.25, 0.3) is 0 Å². The molecule has 0 bridgehead atoms. The van der Waals surface area contributed by atoms with E-state index >= 15 is 0 Å². The van der Waals surface area contributed by atoms with Crippen molar-refractivity contribution >= 4 is 5.69 Å². The van der Waals surface area contributed by atoms with Crippen LogP contribution >= 0.6 is 0 Å². The van der Waals surface area contributed by atoms with Gasteiger partial charge in [-0.15, -0.1) is 0 Å². The fourth-order valence-corrected chi connectivity index (χ4v) is 1.55. The van der Waals surface area contributed by atoms with E-state index in [0.29, 0.717) is 18.3 Å². The number of hydrogen-bond acceptors (Lipinski definition) is 3. The summed E-state index contributed by atoms with van der Waals surface area (Å²) in [5, 5.41) is 4.13. The molecule has 0 aliphatic rings. The van der Waals surface area contributed by atoms with Crippen molar-refractivity contribution in [3.05, 3.63) is 30.6 Å². The standard InChI is InChI=1S/C10H15N5/c1-8(2)15-4-3-12-10(15)7-14-6-9(11)5-13-14/h3-6,8H,7,11H2,1-2H3. The van der Waals surface area contributed by atoms with Crippen molar-refractivity contribution in [2.24, 2.45) is 0 Å². The molecule has 80 valence electrons. The van der Waals surface area contributed by atoms with Crippen LogP contribution in [0.1, 0.15) is 25.7 Å². The highest BCUT2D eigenvalue weighted by atomic mass is 15.3. The van der Waals surface area contributed by atoms with Crippen molar-refractivity contribution < 1.29 is 0 Å². The minimum absolute atomic E-state index is 0.412. The van der Waals surface area contributed by atoms with Crippen LogP contribution in [0.2, 0.25) is 0 Å². The lowest BCUT2D eigenvalue weighted by molar-refractivity contribution is 0.538. The van der Waals surface area contributed by atoms with E-state index in [-0.39, 0.29) is 0 Å². The second-order valence-corrected chi connectivity index (χ2v) is 3.82. The average Bonchev–Trinajstić information content (AvgIpc) is 2.75. The van der Waals surface area contributed by atoms with E-state index in [1.54, 1.807) is 17.1 Å². The van der Waals surface area contributed by atoms with Crippen molar-refractivity contribution in [2.75, 3.05) is 5.73 Å². The Hall–Kier alpha value is -1.78. The number of nitrogen functional groups attached to an aromatic ring is 1. The number of aromatic nitrogens is 4. The Morgan fingerprint density at radius 1 is 1.47 bits per heavy atom. The highest BCUT2D eigenvalue weighted by molar-refractivity contribution is 5.30. The maximum atomic E-state index is 5.59. The Morgan fingerprint density at radius 3 is 2.87 bits per heavy atom. The summed E-state index contributed by atoms with van der Waals surface area (Å²) in [5.41, 5.74) is 6.27. The Bertz CT molecular complexity index is 440. The van der Waals surface area contributed by atoms with E-state index < -0.39 is 0 Å². The number of imidazole rings is 1. The monoisotopic (exact) mass is 205 g/mol. The van der Waals surface area contributed by atoms with Crippen molar-refractivity contribution in [3.63, 3.8) is 0 Å². The van der Waals surface area contributed by atoms with Gasteiger partial charge in [0.15, 0.2) is 0 Å². The molecule has 2 aromatic rings. The van der Waals surface area contributed by atoms with Crippen LogP contribution < -0.4 is 5.73 Å². The summed E-state index contributed by atoms with van der Waals surface area (Å²) in [5.74, 6) is 0.994. The summed E-state index contributed by atoms with van der Waals surface area (Å²) < 4.78 is 3.91. The molecule has 0 saturated carbocycles. The smallest absolute Gasteiger partial charge is 0.130 e. The molecule has 2 rings (SSSR count). The zero-order valence-corrected chi connectivity index (χ0v) is 8.96. The van der Waals surface area contributed by atoms with Gasteiger partial charge in [0.1, 0.15) is 5.82 Å². The van der Waals surface area contributed by atoms with Crippen LogP contribution in [0, 0.1) is 0 Å². The lowest BCUT2D eigenvalue weighted by Gasteiger charge is -2.11. The first kappa shape index (κ1) is 9.76. The molecule has 5 heteroatoms. The second kappa shape index (κ2) is 3.76. The molecular formula is C10H15N5. The van der Waals surface area contributed by atoms with Crippen molar-refractivity contribution in [1.29, 1.82) is 0 Å². The molecule has 15 heavy (non-hydrogen) atoms. The van der Waals surface area contributed by atoms with Crippen LogP contribution in [0.5, 0.6) is 0 Å². The van der Waals surface area contributed by atoms with E-state index in [4.69, 9.17) is 5.73 Å². The normalized spacial score (nSPS) is 11.1. The van der Waals surface area contributed by atoms with Gasteiger partial charge in [0.25, 0.3) is 0 Å². The van der Waals surface area contributed by atoms with Crippen LogP contribution in [-0.4, -0.2) is 19.3 Å². The molecule has 0 unspecified atom stereocenters. The fraction of sp³-hybridized carbons (Fsp3) is 0.400. The predicted octanol–water partition coefficient (Wildman–Crippen LogP) is 1.29. The second-order valence-electron chi connectivity index (χ2n) is 3.82. The van der Waals surface area contributed by atoms with E-state index in [1.165, 1.54) is 0 Å². The number of anilines is 1. The molecular weight excluding hydrogens is 190 g/mol. The summed E-state index contributed by atoms with van der Waals surface area (Å²) in [6.45, 7) is 4.91. The molecule has 0 aliphatic heterocycles. The maximum Gasteiger partial charge on any atom is 0.130 e. The van der Waals surface area contributed by atoms with Crippen molar-refractivity contribution in [3.8, 4) is 0 Å². The lowest BCUT2D eigenvalue weighted by atomic mass is 10.4. The van der Waals surface area contributed by atoms with Crippen molar-refractivity contribution in [1.82, 2.24) is 19.3 Å². The van der Waals surface area contributed by atoms with Gasteiger partial charge < -0.3 is 10.3 Å². The third kappa shape index (κ3) is 2.01. The molecule has 2 N–H and O–H groups in total. The van der Waals surface area contributed by atoms with Gasteiger partial charge in [0.05, 0.1) is 18.4 Å². The molecule has 0 aromatic carbocycles. The van der Waals surface area contributed by atoms with E-state index in [0.717, 1.165) is 5.82 Å². The summed E-state index contributed by atoms with van der Waals surface area (Å²) in [6.07, 6.45) is 7.23. The molecule has 0 aliphatic carbocycles. The number of rotatable bonds is 3. The highest BCUT2D eigenvalue weighted by Crippen LogP contribution is 2.09. The van der Waals surface area contributed by atoms with Crippen LogP contribution in [0.15, 0.2) is 24.8 Å². The van der Waals surface area contributed by atoms with Crippen LogP contribution in [0.4, 0.5) is 5.69 Å². The topological polar surface area (TPSA) is 61.7 Å². The SMILES string of the molecule is CC(C)n1ccnc1Cn1cc(N)cn1. The van der Waals surface area contributed by atoms with Gasteiger partial charge in [-0.2, -0.15) is 5.10 Å². The molecule has 0 spiro atoms. The Labute approximate surface area is 88.5 Å². The van der Waals surface area contributed by atoms with Crippen molar-refractivity contribution in [2.45, 2.75) is 26.4 Å². The van der Waals surface area contributed by atoms with Gasteiger partial charge in [0.2, 0.25) is 0 Å². The minimum atomic E-state index is 0.412. The molecule has 2 heterocycles. The molecule has 0 atom stereocenters. The van der Waals surface area contributed by atoms with Gasteiger partial charge in [-0.25, -0.2) is 4.98 Å². The predicted molar refractivity (Wildman–Crippen MR) is 58.4 cm³/mol. The molecule has 5 nitrogen and oxygen atoms in total. The summed E-state index contributed by atoms with van der Waals surface area (Å²) in [6, 6.07) is 0.412. The molecule has 2 aromatic heterocycles. The first-order chi connectivity index (χ1) is 7.16. The van der Waals surface area contributed by atoms with Gasteiger partial charge in [-0.3, -0.25) is 4.68 Å². The van der Waals surface area contributed by atoms with Gasteiger partial charge in [0, 0.05) is 24.6 Å². The van der Waals surface area contributed by atoms with E-state index in [1.807, 2.05) is 12.4 Å². The van der Waals surface area contributed by atoms with Crippen LogP contribution in [0.3, 0.4) is 0 Å². The third-order valence-electron chi connectivity index (χ3n) is 2.26. The number of hydrogen-bond donors (Lipinski definition) is 1. The molecule has 0 amide bonds. The van der Waals surface area contributed by atoms with E-state index in [9.17, 15) is 0 Å².